The molecule has 0 N–H and O–H groups in total. The van der Waals surface area contributed by atoms with Gasteiger partial charge in [0.25, 0.3) is 0 Å². The van der Waals surface area contributed by atoms with Gasteiger partial charge < -0.3 is 24.8 Å². The Morgan fingerprint density at radius 3 is 1.59 bits per heavy atom. The number of allylic oxidation sites excluding steroid dienone is 4. The minimum absolute atomic E-state index is 0. The van der Waals surface area contributed by atoms with Gasteiger partial charge in [0.05, 0.1) is 0 Å². The quantitative estimate of drug-likeness (QED) is 0.155. The summed E-state index contributed by atoms with van der Waals surface area (Å²) < 4.78 is 1.31. The van der Waals surface area contributed by atoms with Crippen molar-refractivity contribution in [3.8, 4) is 11.1 Å². The van der Waals surface area contributed by atoms with Crippen LogP contribution in [0.1, 0.15) is 92.5 Å². The van der Waals surface area contributed by atoms with Crippen molar-refractivity contribution in [2.24, 2.45) is 0 Å². The van der Waals surface area contributed by atoms with E-state index in [1.54, 1.807) is 0 Å². The van der Waals surface area contributed by atoms with Crippen LogP contribution in [-0.2, 0) is 41.5 Å². The Morgan fingerprint density at radius 2 is 1.15 bits per heavy atom. The van der Waals surface area contributed by atoms with Crippen LogP contribution in [0.4, 0.5) is 0 Å². The van der Waals surface area contributed by atoms with E-state index >= 15 is 0 Å². The summed E-state index contributed by atoms with van der Waals surface area (Å²) in [6.07, 6.45) is 11.0. The molecule has 0 saturated heterocycles. The van der Waals surface area contributed by atoms with E-state index in [-0.39, 0.29) is 35.6 Å². The Kier molecular flexibility index (Phi) is 14.7. The molecule has 0 unspecified atom stereocenters. The zero-order valence-corrected chi connectivity index (χ0v) is 37.8. The van der Waals surface area contributed by atoms with Crippen molar-refractivity contribution in [1.29, 1.82) is 0 Å². The van der Waals surface area contributed by atoms with Crippen molar-refractivity contribution in [3.63, 3.8) is 0 Å². The van der Waals surface area contributed by atoms with E-state index in [1.807, 2.05) is 36.4 Å². The summed E-state index contributed by atoms with van der Waals surface area (Å²) >= 11 is 14.1. The maximum Gasteiger partial charge on any atom is -0.109 e. The molecule has 0 atom stereocenters. The maximum absolute atomic E-state index is 6.38. The summed E-state index contributed by atoms with van der Waals surface area (Å²) in [6.45, 7) is 18.2. The van der Waals surface area contributed by atoms with Gasteiger partial charge in [-0.15, -0.1) is 23.1 Å². The van der Waals surface area contributed by atoms with Gasteiger partial charge in [-0.3, -0.25) is 6.08 Å². The Balaban J connectivity index is 0.000000206. The number of halogens is 4. The maximum atomic E-state index is 6.38. The van der Waals surface area contributed by atoms with E-state index in [2.05, 4.69) is 140 Å². The van der Waals surface area contributed by atoms with Crippen molar-refractivity contribution < 1.29 is 49.0 Å². The van der Waals surface area contributed by atoms with Crippen LogP contribution in [0.2, 0.25) is 10.0 Å². The molecule has 0 bridgehead atoms. The van der Waals surface area contributed by atoms with Crippen LogP contribution in [0, 0.1) is 26.0 Å². The Labute approximate surface area is 360 Å². The standard InChI is InChI=1S/C23H29.C21H12Cl2.C5H5.2ClH.Zr/c1-14-9-16-11-17-10-15(2)21(23(6,7)8)13-19(17)18(16)12-20(14)22(3,4)5;22-20-11-9-14(16-5-1-3-7-18(16)20)13-15-10-12-21(23)19-8-4-2-6-17(15)19;1-2-4-5-3-1;;;/h9,12-13H,11H2,1-8H3;1-12H;1-3H,4H2;2*1H;/q-1;;-1;;;+2/p-2. The number of hydrogen-bond donors (Lipinski definition) is 0. The van der Waals surface area contributed by atoms with Gasteiger partial charge in [-0.2, -0.15) is 23.8 Å². The second-order valence-electron chi connectivity index (χ2n) is 15.9. The number of aryl methyl sites for hydroxylation is 2. The second kappa shape index (κ2) is 18.0. The molecule has 0 aromatic heterocycles. The molecule has 0 aliphatic heterocycles. The SMILES string of the molecule is Cc1[c-]c2c(cc1C(C)(C)C)-c1cc(C(C)(C)C)c(C)cc1C2.Clc1ccc([C](=[Zr+2])c2ccc(Cl)c3ccccc23)c2ccccc12.[C-]1=CC=CC1.[Cl-].[Cl-]. The fraction of sp³-hybridized carbons (Fsp3) is 0.245. The molecule has 8 rings (SSSR count). The first-order valence-corrected chi connectivity index (χ1v) is 20.0. The molecular formula is C49H46Cl4Zr-2. The molecule has 0 spiro atoms. The molecule has 0 heterocycles. The summed E-state index contributed by atoms with van der Waals surface area (Å²) in [6, 6.07) is 35.8. The van der Waals surface area contributed by atoms with Crippen LogP contribution < -0.4 is 24.8 Å². The minimum atomic E-state index is 0. The third kappa shape index (κ3) is 9.43. The van der Waals surface area contributed by atoms with Crippen LogP contribution in [0.25, 0.3) is 32.7 Å². The number of rotatable bonds is 2. The fourth-order valence-electron chi connectivity index (χ4n) is 7.47. The average molecular weight is 868 g/mol. The summed E-state index contributed by atoms with van der Waals surface area (Å²) in [7, 11) is 0. The summed E-state index contributed by atoms with van der Waals surface area (Å²) in [5.41, 5.74) is 14.1. The van der Waals surface area contributed by atoms with Crippen LogP contribution in [0.15, 0.2) is 109 Å². The smallest absolute Gasteiger partial charge is 0.109 e. The van der Waals surface area contributed by atoms with Gasteiger partial charge in [-0.1, -0.05) is 71.6 Å². The largest absolute Gasteiger partial charge is 1.00 e. The number of fused-ring (bicyclic) bond motifs is 5. The van der Waals surface area contributed by atoms with Gasteiger partial charge in [-0.05, 0) is 35.4 Å². The Bertz CT molecular complexity index is 2220. The molecule has 2 aliphatic rings. The van der Waals surface area contributed by atoms with Crippen LogP contribution in [0.3, 0.4) is 0 Å². The normalized spacial score (nSPS) is 12.5. The van der Waals surface area contributed by atoms with E-state index in [9.17, 15) is 0 Å². The van der Waals surface area contributed by atoms with E-state index in [0.29, 0.717) is 0 Å². The van der Waals surface area contributed by atoms with Gasteiger partial charge in [0.2, 0.25) is 0 Å². The van der Waals surface area contributed by atoms with Crippen molar-refractivity contribution in [3.05, 3.63) is 176 Å². The predicted molar refractivity (Wildman–Crippen MR) is 223 cm³/mol. The fourth-order valence-corrected chi connectivity index (χ4v) is 9.00. The molecule has 6 aromatic rings. The van der Waals surface area contributed by atoms with Crippen LogP contribution in [0.5, 0.6) is 0 Å². The van der Waals surface area contributed by atoms with Gasteiger partial charge in [-0.25, -0.2) is 12.2 Å². The van der Waals surface area contributed by atoms with Gasteiger partial charge in [0.1, 0.15) is 0 Å². The molecule has 5 heteroatoms. The third-order valence-corrected chi connectivity index (χ3v) is 11.9. The molecule has 0 nitrogen and oxygen atoms in total. The molecule has 2 aliphatic carbocycles. The number of hydrogen-bond acceptors (Lipinski definition) is 0. The van der Waals surface area contributed by atoms with Gasteiger partial charge in [0, 0.05) is 0 Å². The van der Waals surface area contributed by atoms with Crippen molar-refractivity contribution >= 4 is 48.0 Å². The van der Waals surface area contributed by atoms with Crippen molar-refractivity contribution in [2.45, 2.75) is 79.1 Å². The summed E-state index contributed by atoms with van der Waals surface area (Å²) in [4.78, 5) is 0. The molecule has 0 radical (unpaired) electrons. The predicted octanol–water partition coefficient (Wildman–Crippen LogP) is 8.00. The molecule has 0 amide bonds. The van der Waals surface area contributed by atoms with Gasteiger partial charge in [0.15, 0.2) is 0 Å². The monoisotopic (exact) mass is 864 g/mol. The topological polar surface area (TPSA) is 0 Å². The second-order valence-corrected chi connectivity index (χ2v) is 17.9. The zero-order valence-electron chi connectivity index (χ0n) is 32.3. The van der Waals surface area contributed by atoms with E-state index in [4.69, 9.17) is 23.2 Å². The zero-order chi connectivity index (χ0) is 37.4. The van der Waals surface area contributed by atoms with Crippen molar-refractivity contribution in [1.82, 2.24) is 0 Å². The summed E-state index contributed by atoms with van der Waals surface area (Å²) in [5.74, 6) is 0. The molecule has 6 aromatic carbocycles. The molecule has 54 heavy (non-hydrogen) atoms. The summed E-state index contributed by atoms with van der Waals surface area (Å²) in [5, 5.41) is 6.15. The Hall–Kier alpha value is -2.77. The first kappa shape index (κ1) is 44.0. The van der Waals surface area contributed by atoms with Crippen molar-refractivity contribution in [2.75, 3.05) is 0 Å². The Morgan fingerprint density at radius 1 is 0.648 bits per heavy atom. The molecule has 276 valence electrons. The first-order valence-electron chi connectivity index (χ1n) is 18.0. The molecule has 0 saturated carbocycles. The first-order chi connectivity index (χ1) is 24.6. The van der Waals surface area contributed by atoms with E-state index < -0.39 is 0 Å². The van der Waals surface area contributed by atoms with Crippen LogP contribution in [-0.4, -0.2) is 3.21 Å². The number of benzene rings is 6. The van der Waals surface area contributed by atoms with Gasteiger partial charge >= 0.3 is 166 Å². The van der Waals surface area contributed by atoms with E-state index in [1.165, 1.54) is 93.8 Å². The molecular weight excluding hydrogens is 822 g/mol. The van der Waals surface area contributed by atoms with Crippen LogP contribution >= 0.6 is 23.2 Å². The van der Waals surface area contributed by atoms with E-state index in [0.717, 1.165) is 33.7 Å². The minimum Gasteiger partial charge on any atom is -1.00 e. The molecule has 0 fully saturated rings. The average Bonchev–Trinajstić information content (AvgIpc) is 3.79. The third-order valence-electron chi connectivity index (χ3n) is 9.95.